The summed E-state index contributed by atoms with van der Waals surface area (Å²) in [6.07, 6.45) is 3.76. The maximum Gasteiger partial charge on any atom is 0.407 e. The number of rotatable bonds is 11. The molecular formula is C27H45N3O4. The van der Waals surface area contributed by atoms with E-state index in [0.717, 1.165) is 36.3 Å². The number of hydrogen-bond acceptors (Lipinski definition) is 6. The number of benzene rings is 1. The van der Waals surface area contributed by atoms with Crippen molar-refractivity contribution in [1.82, 2.24) is 10.2 Å². The molecule has 0 aliphatic rings. The predicted molar refractivity (Wildman–Crippen MR) is 138 cm³/mol. The van der Waals surface area contributed by atoms with Crippen LogP contribution in [0, 0.1) is 0 Å². The van der Waals surface area contributed by atoms with Crippen LogP contribution in [-0.4, -0.2) is 47.3 Å². The van der Waals surface area contributed by atoms with E-state index >= 15 is 0 Å². The summed E-state index contributed by atoms with van der Waals surface area (Å²) in [6, 6.07) is 7.70. The van der Waals surface area contributed by atoms with E-state index in [0.29, 0.717) is 12.8 Å². The molecule has 1 rings (SSSR count). The van der Waals surface area contributed by atoms with Crippen molar-refractivity contribution in [2.75, 3.05) is 13.1 Å². The minimum absolute atomic E-state index is 0.204. The number of ether oxygens (including phenoxy) is 2. The molecule has 0 aliphatic heterocycles. The molecule has 0 bridgehead atoms. The van der Waals surface area contributed by atoms with Crippen LogP contribution < -0.4 is 11.1 Å². The van der Waals surface area contributed by atoms with E-state index in [-0.39, 0.29) is 18.4 Å². The Bertz CT molecular complexity index is 805. The Hall–Kier alpha value is -2.70. The quantitative estimate of drug-likeness (QED) is 0.426. The maximum absolute atomic E-state index is 12.4. The first-order valence-corrected chi connectivity index (χ1v) is 12.2. The molecule has 0 aromatic heterocycles. The molecule has 7 heteroatoms. The molecule has 0 fully saturated rings. The Morgan fingerprint density at radius 3 is 2.12 bits per heavy atom. The van der Waals surface area contributed by atoms with E-state index in [9.17, 15) is 9.59 Å². The van der Waals surface area contributed by atoms with Gasteiger partial charge in [0.05, 0.1) is 5.70 Å². The summed E-state index contributed by atoms with van der Waals surface area (Å²) in [5.74, 6) is -0.288. The molecule has 1 atom stereocenters. The molecule has 0 saturated carbocycles. The lowest BCUT2D eigenvalue weighted by atomic mass is 10.00. The zero-order valence-corrected chi connectivity index (χ0v) is 22.4. The van der Waals surface area contributed by atoms with Crippen LogP contribution in [0.1, 0.15) is 85.8 Å². The van der Waals surface area contributed by atoms with Crippen LogP contribution in [0.4, 0.5) is 4.79 Å². The molecule has 192 valence electrons. The van der Waals surface area contributed by atoms with Crippen LogP contribution >= 0.6 is 0 Å². The molecular weight excluding hydrogens is 430 g/mol. The zero-order chi connectivity index (χ0) is 25.9. The van der Waals surface area contributed by atoms with Gasteiger partial charge >= 0.3 is 12.1 Å². The van der Waals surface area contributed by atoms with Crippen molar-refractivity contribution in [2.45, 2.75) is 98.3 Å². The summed E-state index contributed by atoms with van der Waals surface area (Å²) in [5.41, 5.74) is 7.86. The number of carbonyl (C=O) groups excluding carboxylic acids is 2. The van der Waals surface area contributed by atoms with Gasteiger partial charge in [-0.2, -0.15) is 0 Å². The first-order chi connectivity index (χ1) is 15.7. The number of carbonyl (C=O) groups is 2. The number of hydrogen-bond donors (Lipinski definition) is 2. The van der Waals surface area contributed by atoms with Gasteiger partial charge in [-0.25, -0.2) is 4.79 Å². The summed E-state index contributed by atoms with van der Waals surface area (Å²) in [4.78, 5) is 26.8. The Balaban J connectivity index is 2.91. The number of nitrogens with two attached hydrogens (primary N) is 1. The maximum atomic E-state index is 12.4. The van der Waals surface area contributed by atoms with Crippen molar-refractivity contribution in [3.8, 4) is 0 Å². The van der Waals surface area contributed by atoms with Gasteiger partial charge in [0, 0.05) is 31.8 Å². The highest BCUT2D eigenvalue weighted by molar-refractivity contribution is 5.71. The molecule has 7 nitrogen and oxygen atoms in total. The van der Waals surface area contributed by atoms with Crippen LogP contribution in [0.3, 0.4) is 0 Å². The van der Waals surface area contributed by atoms with Gasteiger partial charge in [0.25, 0.3) is 0 Å². The number of alkyl carbamates (subject to hydrolysis) is 1. The largest absolute Gasteiger partial charge is 0.460 e. The van der Waals surface area contributed by atoms with E-state index in [4.69, 9.17) is 15.2 Å². The Morgan fingerprint density at radius 2 is 1.62 bits per heavy atom. The second-order valence-corrected chi connectivity index (χ2v) is 10.6. The van der Waals surface area contributed by atoms with Gasteiger partial charge in [0.2, 0.25) is 0 Å². The summed E-state index contributed by atoms with van der Waals surface area (Å²) >= 11 is 0. The Morgan fingerprint density at radius 1 is 1.03 bits per heavy atom. The third kappa shape index (κ3) is 12.5. The van der Waals surface area contributed by atoms with Crippen LogP contribution in [0.5, 0.6) is 0 Å². The average Bonchev–Trinajstić information content (AvgIpc) is 2.69. The molecule has 1 aromatic carbocycles. The first-order valence-electron chi connectivity index (χ1n) is 12.2. The zero-order valence-electron chi connectivity index (χ0n) is 22.4. The average molecular weight is 476 g/mol. The fourth-order valence-corrected chi connectivity index (χ4v) is 3.37. The Kier molecular flexibility index (Phi) is 11.4. The van der Waals surface area contributed by atoms with Gasteiger partial charge in [-0.05, 0) is 78.9 Å². The molecule has 0 aliphatic carbocycles. The summed E-state index contributed by atoms with van der Waals surface area (Å²) in [7, 11) is 0. The van der Waals surface area contributed by atoms with Crippen molar-refractivity contribution in [3.05, 3.63) is 41.6 Å². The second kappa shape index (κ2) is 13.3. The van der Waals surface area contributed by atoms with Gasteiger partial charge in [0.1, 0.15) is 11.2 Å². The van der Waals surface area contributed by atoms with Crippen LogP contribution in [-0.2, 0) is 20.7 Å². The Labute approximate surface area is 206 Å². The minimum Gasteiger partial charge on any atom is -0.460 e. The van der Waals surface area contributed by atoms with Crippen LogP contribution in [0.15, 0.2) is 30.5 Å². The normalized spacial score (nSPS) is 13.2. The predicted octanol–water partition coefficient (Wildman–Crippen LogP) is 5.23. The molecule has 0 heterocycles. The SMILES string of the molecule is CCCN(/C=C(\N)c1ccc(C[C@@H](CCC(=O)OC(C)(C)C)NC(=O)OC(C)(C)C)cc1)CC. The highest BCUT2D eigenvalue weighted by Gasteiger charge is 2.22. The highest BCUT2D eigenvalue weighted by Crippen LogP contribution is 2.16. The van der Waals surface area contributed by atoms with E-state index in [1.165, 1.54) is 0 Å². The molecule has 0 saturated heterocycles. The van der Waals surface area contributed by atoms with Crippen molar-refractivity contribution in [3.63, 3.8) is 0 Å². The third-order valence-electron chi connectivity index (χ3n) is 4.85. The van der Waals surface area contributed by atoms with Crippen molar-refractivity contribution in [1.29, 1.82) is 0 Å². The number of nitrogens with one attached hydrogen (secondary N) is 1. The lowest BCUT2D eigenvalue weighted by Crippen LogP contribution is -2.40. The fourth-order valence-electron chi connectivity index (χ4n) is 3.37. The summed E-state index contributed by atoms with van der Waals surface area (Å²) in [5, 5.41) is 2.91. The van der Waals surface area contributed by atoms with Gasteiger partial charge in [-0.1, -0.05) is 31.2 Å². The van der Waals surface area contributed by atoms with E-state index in [2.05, 4.69) is 24.1 Å². The third-order valence-corrected chi connectivity index (χ3v) is 4.85. The molecule has 1 aromatic rings. The molecule has 1 amide bonds. The highest BCUT2D eigenvalue weighted by atomic mass is 16.6. The molecule has 0 spiro atoms. The summed E-state index contributed by atoms with van der Waals surface area (Å²) in [6.45, 7) is 17.1. The molecule has 0 unspecified atom stereocenters. The smallest absolute Gasteiger partial charge is 0.407 e. The second-order valence-electron chi connectivity index (χ2n) is 10.6. The summed E-state index contributed by atoms with van der Waals surface area (Å²) < 4.78 is 10.8. The minimum atomic E-state index is -0.602. The lowest BCUT2D eigenvalue weighted by molar-refractivity contribution is -0.155. The lowest BCUT2D eigenvalue weighted by Gasteiger charge is -2.24. The van der Waals surface area contributed by atoms with Gasteiger partial charge in [-0.3, -0.25) is 4.79 Å². The number of nitrogens with zero attached hydrogens (tertiary/aromatic N) is 1. The molecule has 3 N–H and O–H groups in total. The van der Waals surface area contributed by atoms with E-state index < -0.39 is 17.3 Å². The molecule has 0 radical (unpaired) electrons. The van der Waals surface area contributed by atoms with Crippen LogP contribution in [0.25, 0.3) is 5.70 Å². The van der Waals surface area contributed by atoms with Crippen molar-refractivity contribution < 1.29 is 19.1 Å². The fraction of sp³-hybridized carbons (Fsp3) is 0.630. The van der Waals surface area contributed by atoms with Crippen LogP contribution in [0.2, 0.25) is 0 Å². The molecule has 34 heavy (non-hydrogen) atoms. The monoisotopic (exact) mass is 475 g/mol. The van der Waals surface area contributed by atoms with Gasteiger partial charge < -0.3 is 25.4 Å². The van der Waals surface area contributed by atoms with Gasteiger partial charge in [-0.15, -0.1) is 0 Å². The number of esters is 1. The van der Waals surface area contributed by atoms with Crippen molar-refractivity contribution >= 4 is 17.8 Å². The van der Waals surface area contributed by atoms with Gasteiger partial charge in [0.15, 0.2) is 0 Å². The van der Waals surface area contributed by atoms with E-state index in [1.807, 2.05) is 72.0 Å². The number of amides is 1. The first kappa shape index (κ1) is 29.3. The topological polar surface area (TPSA) is 93.9 Å². The van der Waals surface area contributed by atoms with Crippen molar-refractivity contribution in [2.24, 2.45) is 5.73 Å². The van der Waals surface area contributed by atoms with E-state index in [1.54, 1.807) is 0 Å². The standard InChI is InChI=1S/C27H45N3O4/c1-9-17-30(10-2)19-23(28)21-13-11-20(12-14-21)18-22(29-25(32)34-27(6,7)8)15-16-24(31)33-26(3,4)5/h11-14,19,22H,9-10,15-18,28H2,1-8H3,(H,29,32)/b23-19-/t22-/m1/s1.